The highest BCUT2D eigenvalue weighted by molar-refractivity contribution is 7.21. The second-order valence-electron chi connectivity index (χ2n) is 6.53. The Labute approximate surface area is 171 Å². The number of aromatic nitrogens is 1. The number of thiophene rings is 1. The van der Waals surface area contributed by atoms with E-state index in [0.29, 0.717) is 37.0 Å². The summed E-state index contributed by atoms with van der Waals surface area (Å²) in [5.74, 6) is 0.403. The largest absolute Gasteiger partial charge is 0.415 e. The van der Waals surface area contributed by atoms with Crippen LogP contribution in [0.15, 0.2) is 42.7 Å². The van der Waals surface area contributed by atoms with Crippen molar-refractivity contribution in [1.82, 2.24) is 14.8 Å². The van der Waals surface area contributed by atoms with Crippen molar-refractivity contribution < 1.29 is 14.3 Å². The number of carbonyl (C=O) groups excluding carboxylic acids is 2. The van der Waals surface area contributed by atoms with Crippen LogP contribution in [0.4, 0.5) is 4.79 Å². The van der Waals surface area contributed by atoms with Crippen LogP contribution in [0.1, 0.15) is 15.2 Å². The molecule has 0 atom stereocenters. The van der Waals surface area contributed by atoms with Crippen molar-refractivity contribution in [3.8, 4) is 5.75 Å². The van der Waals surface area contributed by atoms with Crippen molar-refractivity contribution in [2.24, 2.45) is 0 Å². The minimum absolute atomic E-state index is 0.00454. The van der Waals surface area contributed by atoms with Crippen molar-refractivity contribution in [2.45, 2.75) is 6.92 Å². The normalized spacial score (nSPS) is 14.4. The van der Waals surface area contributed by atoms with Crippen LogP contribution in [0.5, 0.6) is 5.75 Å². The van der Waals surface area contributed by atoms with Crippen LogP contribution in [-0.2, 0) is 0 Å². The first-order valence-electron chi connectivity index (χ1n) is 8.87. The summed E-state index contributed by atoms with van der Waals surface area (Å²) < 4.78 is 6.36. The highest BCUT2D eigenvalue weighted by Crippen LogP contribution is 2.33. The summed E-state index contributed by atoms with van der Waals surface area (Å²) in [6, 6.07) is 9.06. The molecule has 0 spiro atoms. The Balaban J connectivity index is 1.42. The van der Waals surface area contributed by atoms with Crippen LogP contribution in [0.25, 0.3) is 10.1 Å². The van der Waals surface area contributed by atoms with Gasteiger partial charge in [-0.1, -0.05) is 11.6 Å². The lowest BCUT2D eigenvalue weighted by atomic mass is 10.1. The van der Waals surface area contributed by atoms with Crippen molar-refractivity contribution in [2.75, 3.05) is 26.2 Å². The Hall–Kier alpha value is -2.64. The number of hydrogen-bond acceptors (Lipinski definition) is 5. The first-order valence-corrected chi connectivity index (χ1v) is 10.1. The Morgan fingerprint density at radius 3 is 2.61 bits per heavy atom. The number of rotatable bonds is 2. The number of halogens is 1. The summed E-state index contributed by atoms with van der Waals surface area (Å²) in [4.78, 5) is 33.3. The predicted octanol–water partition coefficient (Wildman–Crippen LogP) is 4.21. The maximum absolute atomic E-state index is 13.0. The molecule has 144 valence electrons. The number of ether oxygens (including phenoxy) is 1. The van der Waals surface area contributed by atoms with E-state index in [9.17, 15) is 9.59 Å². The van der Waals surface area contributed by atoms with Gasteiger partial charge in [-0.3, -0.25) is 9.78 Å². The average Bonchev–Trinajstić information content (AvgIpc) is 3.04. The van der Waals surface area contributed by atoms with Gasteiger partial charge in [0, 0.05) is 42.1 Å². The molecule has 0 saturated carbocycles. The minimum atomic E-state index is -0.423. The Kier molecular flexibility index (Phi) is 5.19. The molecule has 2 amide bonds. The zero-order valence-electron chi connectivity index (χ0n) is 15.2. The van der Waals surface area contributed by atoms with E-state index in [4.69, 9.17) is 16.3 Å². The van der Waals surface area contributed by atoms with E-state index in [-0.39, 0.29) is 5.91 Å². The second-order valence-corrected chi connectivity index (χ2v) is 8.02. The van der Waals surface area contributed by atoms with Crippen molar-refractivity contribution in [3.05, 3.63) is 58.2 Å². The standard InChI is InChI=1S/C20H18ClN3O3S/c1-13-16-11-14(21)4-5-17(16)28-18(13)19(25)23-7-9-24(10-8-23)20(26)27-15-3-2-6-22-12-15/h2-6,11-12H,7-10H2,1H3. The zero-order chi connectivity index (χ0) is 19.7. The molecule has 3 heterocycles. The highest BCUT2D eigenvalue weighted by atomic mass is 35.5. The van der Waals surface area contributed by atoms with Crippen LogP contribution >= 0.6 is 22.9 Å². The number of benzene rings is 1. The summed E-state index contributed by atoms with van der Waals surface area (Å²) in [6.07, 6.45) is 2.69. The number of carbonyl (C=O) groups is 2. The topological polar surface area (TPSA) is 62.7 Å². The first-order chi connectivity index (χ1) is 13.5. The third-order valence-corrected chi connectivity index (χ3v) is 6.25. The van der Waals surface area contributed by atoms with Gasteiger partial charge < -0.3 is 14.5 Å². The lowest BCUT2D eigenvalue weighted by molar-refractivity contribution is 0.0637. The Morgan fingerprint density at radius 1 is 1.14 bits per heavy atom. The van der Waals surface area contributed by atoms with Gasteiger partial charge in [-0.2, -0.15) is 0 Å². The SMILES string of the molecule is Cc1c(C(=O)N2CCN(C(=O)Oc3cccnc3)CC2)sc2ccc(Cl)cc12. The number of hydrogen-bond donors (Lipinski definition) is 0. The predicted molar refractivity (Wildman–Crippen MR) is 109 cm³/mol. The smallest absolute Gasteiger partial charge is 0.409 e. The Bertz CT molecular complexity index is 1030. The maximum atomic E-state index is 13.0. The Morgan fingerprint density at radius 2 is 1.89 bits per heavy atom. The van der Waals surface area contributed by atoms with Gasteiger partial charge in [-0.05, 0) is 48.2 Å². The molecule has 28 heavy (non-hydrogen) atoms. The van der Waals surface area contributed by atoms with Crippen LogP contribution in [0, 0.1) is 6.92 Å². The van der Waals surface area contributed by atoms with Gasteiger partial charge >= 0.3 is 6.09 Å². The molecule has 3 aromatic rings. The first kappa shape index (κ1) is 18.7. The quantitative estimate of drug-likeness (QED) is 0.628. The molecular formula is C20H18ClN3O3S. The molecule has 6 nitrogen and oxygen atoms in total. The van der Waals surface area contributed by atoms with E-state index < -0.39 is 6.09 Å². The second kappa shape index (κ2) is 7.77. The number of piperazine rings is 1. The molecule has 0 unspecified atom stereocenters. The van der Waals surface area contributed by atoms with E-state index in [0.717, 1.165) is 20.5 Å². The maximum Gasteiger partial charge on any atom is 0.415 e. The van der Waals surface area contributed by atoms with Crippen LogP contribution in [0.3, 0.4) is 0 Å². The number of nitrogens with zero attached hydrogens (tertiary/aromatic N) is 3. The van der Waals surface area contributed by atoms with E-state index >= 15 is 0 Å². The number of pyridine rings is 1. The van der Waals surface area contributed by atoms with Gasteiger partial charge in [0.25, 0.3) is 5.91 Å². The van der Waals surface area contributed by atoms with Gasteiger partial charge in [-0.25, -0.2) is 4.79 Å². The third kappa shape index (κ3) is 3.68. The van der Waals surface area contributed by atoms with E-state index in [1.54, 1.807) is 28.1 Å². The molecule has 0 N–H and O–H groups in total. The average molecular weight is 416 g/mol. The molecule has 0 bridgehead atoms. The summed E-state index contributed by atoms with van der Waals surface area (Å²) in [6.45, 7) is 3.75. The van der Waals surface area contributed by atoms with Crippen molar-refractivity contribution >= 4 is 45.0 Å². The fraction of sp³-hybridized carbons (Fsp3) is 0.250. The number of fused-ring (bicyclic) bond motifs is 1. The summed E-state index contributed by atoms with van der Waals surface area (Å²) in [7, 11) is 0. The fourth-order valence-corrected chi connectivity index (χ4v) is 4.54. The van der Waals surface area contributed by atoms with Crippen LogP contribution < -0.4 is 4.74 Å². The van der Waals surface area contributed by atoms with Gasteiger partial charge in [0.2, 0.25) is 0 Å². The molecule has 1 aliphatic rings. The summed E-state index contributed by atoms with van der Waals surface area (Å²) in [5, 5.41) is 1.67. The molecule has 1 aromatic carbocycles. The summed E-state index contributed by atoms with van der Waals surface area (Å²) in [5.41, 5.74) is 0.950. The molecular weight excluding hydrogens is 398 g/mol. The highest BCUT2D eigenvalue weighted by Gasteiger charge is 2.28. The van der Waals surface area contributed by atoms with Gasteiger partial charge in [-0.15, -0.1) is 11.3 Å². The van der Waals surface area contributed by atoms with Crippen molar-refractivity contribution in [1.29, 1.82) is 0 Å². The van der Waals surface area contributed by atoms with Gasteiger partial charge in [0.05, 0.1) is 11.1 Å². The van der Waals surface area contributed by atoms with E-state index in [2.05, 4.69) is 4.98 Å². The lowest BCUT2D eigenvalue weighted by Gasteiger charge is -2.33. The number of aryl methyl sites for hydroxylation is 1. The van der Waals surface area contributed by atoms with E-state index in [1.807, 2.05) is 25.1 Å². The molecule has 2 aromatic heterocycles. The van der Waals surface area contributed by atoms with Crippen LogP contribution in [0.2, 0.25) is 5.02 Å². The molecule has 1 saturated heterocycles. The van der Waals surface area contributed by atoms with Crippen LogP contribution in [-0.4, -0.2) is 53.0 Å². The molecule has 0 radical (unpaired) electrons. The summed E-state index contributed by atoms with van der Waals surface area (Å²) >= 11 is 7.57. The molecule has 4 rings (SSSR count). The molecule has 1 fully saturated rings. The fourth-order valence-electron chi connectivity index (χ4n) is 3.21. The molecule has 8 heteroatoms. The van der Waals surface area contributed by atoms with E-state index in [1.165, 1.54) is 17.5 Å². The zero-order valence-corrected chi connectivity index (χ0v) is 16.8. The number of amides is 2. The van der Waals surface area contributed by atoms with Crippen molar-refractivity contribution in [3.63, 3.8) is 0 Å². The molecule has 0 aliphatic carbocycles. The van der Waals surface area contributed by atoms with Gasteiger partial charge in [0.15, 0.2) is 5.75 Å². The lowest BCUT2D eigenvalue weighted by Crippen LogP contribution is -2.51. The third-order valence-electron chi connectivity index (χ3n) is 4.76. The minimum Gasteiger partial charge on any atom is -0.409 e. The molecule has 1 aliphatic heterocycles. The monoisotopic (exact) mass is 415 g/mol. The van der Waals surface area contributed by atoms with Gasteiger partial charge in [0.1, 0.15) is 0 Å².